The minimum Gasteiger partial charge on any atom is -0.489 e. The van der Waals surface area contributed by atoms with Crippen LogP contribution < -0.4 is 4.74 Å². The highest BCUT2D eigenvalue weighted by Gasteiger charge is 2.17. The third-order valence-electron chi connectivity index (χ3n) is 2.34. The van der Waals surface area contributed by atoms with Gasteiger partial charge in [0.2, 0.25) is 0 Å². The highest BCUT2D eigenvalue weighted by molar-refractivity contribution is 6.76. The lowest BCUT2D eigenvalue weighted by Crippen LogP contribution is -2.19. The first-order valence-corrected chi connectivity index (χ1v) is 9.60. The molecule has 18 heavy (non-hydrogen) atoms. The van der Waals surface area contributed by atoms with Gasteiger partial charge in [0.15, 0.2) is 0 Å². The van der Waals surface area contributed by atoms with Crippen LogP contribution in [0.2, 0.25) is 25.7 Å². The molecule has 0 aliphatic heterocycles. The van der Waals surface area contributed by atoms with Crippen LogP contribution in [0, 0.1) is 18.1 Å². The molecule has 0 atom stereocenters. The van der Waals surface area contributed by atoms with Crippen LogP contribution in [0.5, 0.6) is 5.75 Å². The second kappa shape index (κ2) is 6.14. The van der Waals surface area contributed by atoms with Crippen LogP contribution in [-0.4, -0.2) is 14.7 Å². The quantitative estimate of drug-likeness (QED) is 0.548. The van der Waals surface area contributed by atoms with Crippen molar-refractivity contribution in [2.45, 2.75) is 25.7 Å². The summed E-state index contributed by atoms with van der Waals surface area (Å²) >= 11 is 0. The monoisotopic (exact) mass is 269 g/mol. The largest absolute Gasteiger partial charge is 0.489 e. The molecule has 0 spiro atoms. The fraction of sp³-hybridized carbons (Fsp3) is 0.357. The zero-order valence-corrected chi connectivity index (χ0v) is 12.1. The Morgan fingerprint density at radius 3 is 2.22 bits per heavy atom. The molecule has 0 aliphatic rings. The van der Waals surface area contributed by atoms with Crippen LogP contribution in [0.25, 0.3) is 0 Å². The first-order chi connectivity index (χ1) is 8.33. The van der Waals surface area contributed by atoms with Gasteiger partial charge in [-0.15, -0.1) is 0 Å². The molecule has 0 heterocycles. The van der Waals surface area contributed by atoms with Crippen LogP contribution in [0.15, 0.2) is 24.8 Å². The Morgan fingerprint density at radius 1 is 1.22 bits per heavy atom. The molecule has 0 amide bonds. The fourth-order valence-electron chi connectivity index (χ4n) is 1.40. The van der Waals surface area contributed by atoms with E-state index in [2.05, 4.69) is 26.2 Å². The van der Waals surface area contributed by atoms with Crippen molar-refractivity contribution in [2.24, 2.45) is 0 Å². The summed E-state index contributed by atoms with van der Waals surface area (Å²) in [6.45, 7) is 10.2. The summed E-state index contributed by atoms with van der Waals surface area (Å²) in [6.07, 6.45) is 3.18. The molecule has 0 unspecified atom stereocenters. The molecule has 0 fully saturated rings. The second-order valence-corrected chi connectivity index (χ2v) is 10.9. The van der Waals surface area contributed by atoms with E-state index in [4.69, 9.17) is 4.74 Å². The topological polar surface area (TPSA) is 9.23 Å². The van der Waals surface area contributed by atoms with Gasteiger partial charge < -0.3 is 4.74 Å². The number of rotatable bonds is 6. The smallest absolute Gasteiger partial charge is 0.133 e. The van der Waals surface area contributed by atoms with E-state index in [0.29, 0.717) is 0 Å². The Balaban J connectivity index is 2.84. The van der Waals surface area contributed by atoms with Gasteiger partial charge in [-0.2, -0.15) is 0 Å². The maximum atomic E-state index is 13.8. The first-order valence-electron chi connectivity index (χ1n) is 5.89. The van der Waals surface area contributed by atoms with Crippen LogP contribution >= 0.6 is 0 Å². The van der Waals surface area contributed by atoms with Gasteiger partial charge in [0.05, 0.1) is 0 Å². The second-order valence-electron chi connectivity index (χ2n) is 5.37. The van der Waals surface area contributed by atoms with E-state index in [9.17, 15) is 8.78 Å². The molecule has 0 N–H and O–H groups in total. The molecule has 1 rings (SSSR count). The lowest BCUT2D eigenvalue weighted by atomic mass is 10.1. The fourth-order valence-corrected chi connectivity index (χ4v) is 2.22. The van der Waals surface area contributed by atoms with Crippen molar-refractivity contribution in [1.82, 2.24) is 0 Å². The van der Waals surface area contributed by atoms with Crippen molar-refractivity contribution in [1.29, 1.82) is 0 Å². The molecule has 1 nitrogen and oxygen atoms in total. The van der Waals surface area contributed by atoms with Crippen molar-refractivity contribution in [3.8, 4) is 5.75 Å². The van der Waals surface area contributed by atoms with Crippen molar-refractivity contribution in [3.63, 3.8) is 0 Å². The molecular weight excluding hydrogens is 250 g/mol. The molecule has 0 aromatic heterocycles. The summed E-state index contributed by atoms with van der Waals surface area (Å²) in [5, 5.41) is 0. The van der Waals surface area contributed by atoms with E-state index in [0.717, 1.165) is 6.04 Å². The van der Waals surface area contributed by atoms with Gasteiger partial charge in [0, 0.05) is 25.8 Å². The maximum absolute atomic E-state index is 13.8. The van der Waals surface area contributed by atoms with Gasteiger partial charge >= 0.3 is 0 Å². The zero-order chi connectivity index (χ0) is 13.8. The molecule has 0 bridgehead atoms. The van der Waals surface area contributed by atoms with Gasteiger partial charge in [-0.1, -0.05) is 32.3 Å². The van der Waals surface area contributed by atoms with E-state index >= 15 is 0 Å². The molecule has 4 heteroatoms. The third kappa shape index (κ3) is 4.60. The molecule has 99 valence electrons. The Labute approximate surface area is 108 Å². The lowest BCUT2D eigenvalue weighted by molar-refractivity contribution is 0.357. The number of hydrogen-bond acceptors (Lipinski definition) is 1. The minimum atomic E-state index is -1.35. The van der Waals surface area contributed by atoms with Crippen LogP contribution in [0.1, 0.15) is 5.56 Å². The Kier molecular flexibility index (Phi) is 5.08. The minimum absolute atomic E-state index is 0.0448. The van der Waals surface area contributed by atoms with Crippen LogP contribution in [-0.2, 0) is 0 Å². The normalized spacial score (nSPS) is 11.4. The zero-order valence-electron chi connectivity index (χ0n) is 11.1. The van der Waals surface area contributed by atoms with E-state index in [1.807, 2.05) is 0 Å². The molecule has 0 saturated heterocycles. The van der Waals surface area contributed by atoms with Gasteiger partial charge in [-0.25, -0.2) is 8.78 Å². The van der Waals surface area contributed by atoms with E-state index < -0.39 is 19.7 Å². The van der Waals surface area contributed by atoms with Gasteiger partial charge in [0.25, 0.3) is 0 Å². The molecular formula is C14H19F2OSi. The molecule has 1 aromatic rings. The maximum Gasteiger partial charge on any atom is 0.133 e. The van der Waals surface area contributed by atoms with Gasteiger partial charge in [-0.3, -0.25) is 0 Å². The Morgan fingerprint density at radius 2 is 1.78 bits per heavy atom. The Hall–Kier alpha value is -1.16. The molecule has 1 aromatic carbocycles. The van der Waals surface area contributed by atoms with Crippen molar-refractivity contribution in [3.05, 3.63) is 48.4 Å². The summed E-state index contributed by atoms with van der Waals surface area (Å²) in [6, 6.07) is 3.17. The highest BCUT2D eigenvalue weighted by atomic mass is 28.3. The highest BCUT2D eigenvalue weighted by Crippen LogP contribution is 2.25. The number of halogens is 2. The number of ether oxygens (including phenoxy) is 1. The average molecular weight is 269 g/mol. The van der Waals surface area contributed by atoms with E-state index in [-0.39, 0.29) is 17.9 Å². The van der Waals surface area contributed by atoms with Crippen molar-refractivity contribution >= 4 is 8.07 Å². The van der Waals surface area contributed by atoms with E-state index in [1.54, 1.807) is 6.42 Å². The summed E-state index contributed by atoms with van der Waals surface area (Å²) in [5.41, 5.74) is 0.0448. The lowest BCUT2D eigenvalue weighted by Gasteiger charge is -2.16. The van der Waals surface area contributed by atoms with Crippen LogP contribution in [0.3, 0.4) is 0 Å². The molecule has 1 radical (unpaired) electrons. The first kappa shape index (κ1) is 14.9. The molecule has 0 saturated carbocycles. The number of hydrogen-bond donors (Lipinski definition) is 0. The van der Waals surface area contributed by atoms with Crippen molar-refractivity contribution in [2.75, 3.05) is 6.61 Å². The van der Waals surface area contributed by atoms with Gasteiger partial charge in [-0.05, 0) is 12.5 Å². The summed E-state index contributed by atoms with van der Waals surface area (Å²) < 4.78 is 32.6. The third-order valence-corrected chi connectivity index (χ3v) is 3.77. The summed E-state index contributed by atoms with van der Waals surface area (Å²) in [4.78, 5) is 0. The van der Waals surface area contributed by atoms with Crippen LogP contribution in [0.4, 0.5) is 8.78 Å². The van der Waals surface area contributed by atoms with Gasteiger partial charge in [0.1, 0.15) is 24.0 Å². The summed E-state index contributed by atoms with van der Waals surface area (Å²) in [7, 11) is -1.35. The Bertz CT molecular complexity index is 401. The standard InChI is InChI=1S/C14H19F2OSi/c1-5-7-17-11-9-13(15)12(14(16)10-11)6-8-18(2,3)4/h5-6,9-10H,1,7-8H2,2-4H3. The van der Waals surface area contributed by atoms with Crippen molar-refractivity contribution < 1.29 is 13.5 Å². The predicted octanol–water partition coefficient (Wildman–Crippen LogP) is 4.42. The summed E-state index contributed by atoms with van der Waals surface area (Å²) in [5.74, 6) is -0.963. The number of benzene rings is 1. The SMILES string of the molecule is C=CCOc1cc(F)c([CH]C[Si](C)(C)C)c(F)c1. The predicted molar refractivity (Wildman–Crippen MR) is 73.6 cm³/mol. The molecule has 0 aliphatic carbocycles. The average Bonchev–Trinajstić information content (AvgIpc) is 2.23. The van der Waals surface area contributed by atoms with E-state index in [1.165, 1.54) is 18.2 Å².